The van der Waals surface area contributed by atoms with Crippen LogP contribution in [0, 0.1) is 5.92 Å². The molecule has 24 heavy (non-hydrogen) atoms. The number of nitrogens with one attached hydrogen (secondary N) is 1. The van der Waals surface area contributed by atoms with Gasteiger partial charge >= 0.3 is 0 Å². The lowest BCUT2D eigenvalue weighted by molar-refractivity contribution is 0.239. The van der Waals surface area contributed by atoms with Gasteiger partial charge in [0.15, 0.2) is 0 Å². The number of benzene rings is 1. The van der Waals surface area contributed by atoms with Gasteiger partial charge in [0.1, 0.15) is 0 Å². The second-order valence-corrected chi connectivity index (χ2v) is 6.29. The zero-order chi connectivity index (χ0) is 18.1. The Bertz CT molecular complexity index is 685. The van der Waals surface area contributed by atoms with Crippen molar-refractivity contribution in [2.45, 2.75) is 25.6 Å². The molecule has 0 fully saturated rings. The Hall–Kier alpha value is -1.46. The number of methoxy groups -OCH3 is 2. The zero-order valence-corrected chi connectivity index (χ0v) is 16.7. The van der Waals surface area contributed by atoms with Crippen LogP contribution in [0.25, 0.3) is 10.9 Å². The maximum atomic E-state index is 6.15. The van der Waals surface area contributed by atoms with Crippen LogP contribution in [0.5, 0.6) is 0 Å². The highest BCUT2D eigenvalue weighted by molar-refractivity contribution is 9.10. The van der Waals surface area contributed by atoms with Crippen LogP contribution >= 0.6 is 27.5 Å². The van der Waals surface area contributed by atoms with Gasteiger partial charge < -0.3 is 9.47 Å². The fourth-order valence-electron chi connectivity index (χ4n) is 2.44. The molecule has 0 aliphatic rings. The van der Waals surface area contributed by atoms with E-state index in [1.165, 1.54) is 11.8 Å². The second kappa shape index (κ2) is 10.4. The molecule has 0 bridgehead atoms. The molecule has 1 atom stereocenters. The van der Waals surface area contributed by atoms with E-state index >= 15 is 0 Å². The monoisotopic (exact) mass is 414 g/mol. The summed E-state index contributed by atoms with van der Waals surface area (Å²) in [5.41, 5.74) is 3.33. The Morgan fingerprint density at radius 1 is 1.50 bits per heavy atom. The van der Waals surface area contributed by atoms with Crippen LogP contribution < -0.4 is 0 Å². The summed E-state index contributed by atoms with van der Waals surface area (Å²) < 4.78 is 10.6. The summed E-state index contributed by atoms with van der Waals surface area (Å²) in [5, 5.41) is 8.17. The van der Waals surface area contributed by atoms with Crippen molar-refractivity contribution in [1.29, 1.82) is 0 Å². The molecule has 1 heterocycles. The minimum atomic E-state index is 0.290. The maximum Gasteiger partial charge on any atom is 0.0917 e. The van der Waals surface area contributed by atoms with Crippen molar-refractivity contribution in [1.82, 2.24) is 10.2 Å². The van der Waals surface area contributed by atoms with E-state index in [0.29, 0.717) is 11.8 Å². The molecular weight excluding hydrogens is 392 g/mol. The summed E-state index contributed by atoms with van der Waals surface area (Å²) in [4.78, 5) is 0. The van der Waals surface area contributed by atoms with E-state index in [-0.39, 0.29) is 0 Å². The molecule has 0 aliphatic heterocycles. The normalized spacial score (nSPS) is 11.4. The van der Waals surface area contributed by atoms with Gasteiger partial charge in [0.25, 0.3) is 0 Å². The van der Waals surface area contributed by atoms with Gasteiger partial charge in [0.2, 0.25) is 0 Å². The van der Waals surface area contributed by atoms with Crippen molar-refractivity contribution < 1.29 is 9.47 Å². The molecule has 0 amide bonds. The Kier molecular flexibility index (Phi) is 8.93. The molecule has 2 rings (SSSR count). The first-order valence-corrected chi connectivity index (χ1v) is 8.92. The van der Waals surface area contributed by atoms with Crippen LogP contribution in [0.2, 0.25) is 0 Å². The van der Waals surface area contributed by atoms with E-state index in [4.69, 9.17) is 16.3 Å². The summed E-state index contributed by atoms with van der Waals surface area (Å²) >= 11 is 9.74. The van der Waals surface area contributed by atoms with Gasteiger partial charge in [-0.15, -0.1) is 11.6 Å². The number of rotatable bonds is 7. The van der Waals surface area contributed by atoms with E-state index in [1.54, 1.807) is 14.2 Å². The van der Waals surface area contributed by atoms with Crippen LogP contribution in [0.15, 0.2) is 41.9 Å². The summed E-state index contributed by atoms with van der Waals surface area (Å²) in [6.45, 7) is 9.38. The topological polar surface area (TPSA) is 47.1 Å². The Morgan fingerprint density at radius 3 is 2.67 bits per heavy atom. The molecule has 0 saturated carbocycles. The summed E-state index contributed by atoms with van der Waals surface area (Å²) in [6, 6.07) is 2.11. The standard InChI is InChI=1S/C15H18BrClN2O.C3H6O/c1-4-10(9(2)20-3)5-11-6-14(16)15-13(8-18-19-15)12(11)7-17;1-3-4-2/h6,8,10H,2,4-5,7H2,1,3H3,(H,18,19);3H,1H2,2H3/t10-;/m1./s1. The van der Waals surface area contributed by atoms with Crippen LogP contribution in [0.4, 0.5) is 0 Å². The first kappa shape index (κ1) is 20.6. The van der Waals surface area contributed by atoms with Crippen LogP contribution in [0.3, 0.4) is 0 Å². The first-order valence-electron chi connectivity index (χ1n) is 7.59. The average Bonchev–Trinajstić information content (AvgIpc) is 3.09. The summed E-state index contributed by atoms with van der Waals surface area (Å²) in [6.07, 6.45) is 5.05. The molecule has 1 N–H and O–H groups in total. The highest BCUT2D eigenvalue weighted by atomic mass is 79.9. The highest BCUT2D eigenvalue weighted by Gasteiger charge is 2.17. The van der Waals surface area contributed by atoms with Gasteiger partial charge in [0.05, 0.1) is 38.0 Å². The molecule has 1 aromatic carbocycles. The SMILES string of the molecule is C=C(OC)[C@H](CC)Cc1cc(Br)c2[nH]ncc2c1CCl.C=COC. The quantitative estimate of drug-likeness (QED) is 0.475. The number of allylic oxidation sites excluding steroid dienone is 1. The molecule has 0 aliphatic carbocycles. The lowest BCUT2D eigenvalue weighted by Gasteiger charge is -2.19. The number of aromatic nitrogens is 2. The molecule has 132 valence electrons. The Labute approximate surface area is 157 Å². The third kappa shape index (κ3) is 5.02. The number of H-pyrrole nitrogens is 1. The number of ether oxygens (including phenoxy) is 2. The van der Waals surface area contributed by atoms with Crippen molar-refractivity contribution in [2.24, 2.45) is 5.92 Å². The largest absolute Gasteiger partial charge is 0.505 e. The Morgan fingerprint density at radius 2 is 2.17 bits per heavy atom. The van der Waals surface area contributed by atoms with Gasteiger partial charge in [-0.1, -0.05) is 20.1 Å². The van der Waals surface area contributed by atoms with Crippen molar-refractivity contribution in [3.8, 4) is 0 Å². The average molecular weight is 416 g/mol. The fraction of sp³-hybridized carbons (Fsp3) is 0.389. The van der Waals surface area contributed by atoms with Crippen molar-refractivity contribution in [3.05, 3.63) is 53.0 Å². The van der Waals surface area contributed by atoms with Gasteiger partial charge in [-0.2, -0.15) is 5.10 Å². The van der Waals surface area contributed by atoms with Gasteiger partial charge in [0, 0.05) is 21.7 Å². The number of hydrogen-bond donors (Lipinski definition) is 1. The number of aromatic amines is 1. The van der Waals surface area contributed by atoms with E-state index in [0.717, 1.165) is 39.5 Å². The lowest BCUT2D eigenvalue weighted by Crippen LogP contribution is -2.09. The van der Waals surface area contributed by atoms with Gasteiger partial charge in [-0.25, -0.2) is 0 Å². The molecule has 6 heteroatoms. The predicted molar refractivity (Wildman–Crippen MR) is 104 cm³/mol. The number of nitrogens with zero attached hydrogens (tertiary/aromatic N) is 1. The van der Waals surface area contributed by atoms with Gasteiger partial charge in [-0.3, -0.25) is 5.10 Å². The number of alkyl halides is 1. The number of halogens is 2. The highest BCUT2D eigenvalue weighted by Crippen LogP contribution is 2.32. The fourth-order valence-corrected chi connectivity index (χ4v) is 3.33. The molecule has 4 nitrogen and oxygen atoms in total. The second-order valence-electron chi connectivity index (χ2n) is 5.17. The molecule has 0 saturated heterocycles. The zero-order valence-electron chi connectivity index (χ0n) is 14.4. The predicted octanol–water partition coefficient (Wildman–Crippen LogP) is 5.57. The molecule has 2 aromatic rings. The van der Waals surface area contributed by atoms with Gasteiger partial charge in [-0.05, 0) is 46.0 Å². The molecule has 0 spiro atoms. The molecular formula is C18H24BrClN2O2. The summed E-state index contributed by atoms with van der Waals surface area (Å²) in [7, 11) is 3.23. The van der Waals surface area contributed by atoms with E-state index in [1.807, 2.05) is 6.20 Å². The van der Waals surface area contributed by atoms with Crippen molar-refractivity contribution in [3.63, 3.8) is 0 Å². The Balaban J connectivity index is 0.000000648. The summed E-state index contributed by atoms with van der Waals surface area (Å²) in [5.74, 6) is 1.57. The van der Waals surface area contributed by atoms with Crippen molar-refractivity contribution in [2.75, 3.05) is 14.2 Å². The van der Waals surface area contributed by atoms with Crippen LogP contribution in [-0.2, 0) is 21.8 Å². The molecule has 0 radical (unpaired) electrons. The van der Waals surface area contributed by atoms with Crippen molar-refractivity contribution >= 4 is 38.4 Å². The number of fused-ring (bicyclic) bond motifs is 1. The van der Waals surface area contributed by atoms with Crippen LogP contribution in [0.1, 0.15) is 24.5 Å². The smallest absolute Gasteiger partial charge is 0.0917 e. The van der Waals surface area contributed by atoms with E-state index < -0.39 is 0 Å². The third-order valence-corrected chi connectivity index (χ3v) is 4.76. The minimum Gasteiger partial charge on any atom is -0.505 e. The van der Waals surface area contributed by atoms with E-state index in [9.17, 15) is 0 Å². The van der Waals surface area contributed by atoms with E-state index in [2.05, 4.69) is 57.0 Å². The number of hydrogen-bond acceptors (Lipinski definition) is 3. The first-order chi connectivity index (χ1) is 11.5. The van der Waals surface area contributed by atoms with Crippen LogP contribution in [-0.4, -0.2) is 24.4 Å². The third-order valence-electron chi connectivity index (χ3n) is 3.87. The maximum absolute atomic E-state index is 6.15. The molecule has 0 unspecified atom stereocenters. The molecule has 1 aromatic heterocycles. The minimum absolute atomic E-state index is 0.290. The lowest BCUT2D eigenvalue weighted by atomic mass is 9.92.